The van der Waals surface area contributed by atoms with Crippen LogP contribution in [0.3, 0.4) is 0 Å². The molecule has 0 aliphatic carbocycles. The van der Waals surface area contributed by atoms with Crippen molar-refractivity contribution in [2.24, 2.45) is 7.05 Å². The van der Waals surface area contributed by atoms with Crippen LogP contribution in [-0.2, 0) is 21.7 Å². The number of hydrogen-bond acceptors (Lipinski definition) is 6. The predicted octanol–water partition coefficient (Wildman–Crippen LogP) is 0.724. The summed E-state index contributed by atoms with van der Waals surface area (Å²) < 4.78 is 24.9. The highest BCUT2D eigenvalue weighted by atomic mass is 32.2. The van der Waals surface area contributed by atoms with Crippen LogP contribution in [0.2, 0.25) is 0 Å². The van der Waals surface area contributed by atoms with Crippen LogP contribution in [0, 0.1) is 0 Å². The van der Waals surface area contributed by atoms with Crippen molar-refractivity contribution < 1.29 is 13.2 Å². The van der Waals surface area contributed by atoms with Gasteiger partial charge in [-0.25, -0.2) is 8.42 Å². The van der Waals surface area contributed by atoms with Crippen molar-refractivity contribution in [2.45, 2.75) is 43.8 Å². The van der Waals surface area contributed by atoms with Crippen molar-refractivity contribution in [1.82, 2.24) is 20.1 Å². The molecule has 22 heavy (non-hydrogen) atoms. The van der Waals surface area contributed by atoms with Gasteiger partial charge in [-0.2, -0.15) is 0 Å². The Bertz CT molecular complexity index is 642. The zero-order valence-corrected chi connectivity index (χ0v) is 14.7. The summed E-state index contributed by atoms with van der Waals surface area (Å²) in [5.41, 5.74) is 0. The van der Waals surface area contributed by atoms with E-state index in [1.165, 1.54) is 11.8 Å². The third-order valence-electron chi connectivity index (χ3n) is 3.82. The molecule has 124 valence electrons. The largest absolute Gasteiger partial charge is 0.353 e. The summed E-state index contributed by atoms with van der Waals surface area (Å²) in [7, 11) is -1.13. The maximum Gasteiger partial charge on any atom is 0.230 e. The van der Waals surface area contributed by atoms with Crippen LogP contribution in [0.5, 0.6) is 0 Å². The fourth-order valence-corrected chi connectivity index (χ4v) is 4.82. The van der Waals surface area contributed by atoms with Crippen LogP contribution in [0.1, 0.15) is 38.4 Å². The highest BCUT2D eigenvalue weighted by Crippen LogP contribution is 2.29. The maximum atomic E-state index is 11.8. The number of thioether (sulfide) groups is 1. The summed E-state index contributed by atoms with van der Waals surface area (Å²) in [6, 6.07) is 0.159. The van der Waals surface area contributed by atoms with Gasteiger partial charge in [0.2, 0.25) is 5.91 Å². The van der Waals surface area contributed by atoms with E-state index in [9.17, 15) is 13.2 Å². The number of nitrogens with one attached hydrogen (secondary N) is 1. The summed E-state index contributed by atoms with van der Waals surface area (Å²) in [4.78, 5) is 11.8. The normalized spacial score (nSPS) is 21.7. The fraction of sp³-hybridized carbons (Fsp3) is 0.769. The maximum absolute atomic E-state index is 11.8. The lowest BCUT2D eigenvalue weighted by molar-refractivity contribution is -0.119. The van der Waals surface area contributed by atoms with Gasteiger partial charge in [-0.15, -0.1) is 10.2 Å². The molecule has 1 N–H and O–H groups in total. The Balaban J connectivity index is 1.95. The second kappa shape index (κ2) is 6.99. The molecule has 2 rings (SSSR count). The molecule has 1 saturated heterocycles. The smallest absolute Gasteiger partial charge is 0.230 e. The summed E-state index contributed by atoms with van der Waals surface area (Å²) in [5, 5.41) is 11.7. The van der Waals surface area contributed by atoms with Gasteiger partial charge < -0.3 is 9.88 Å². The number of carbonyl (C=O) groups excluding carboxylic acids is 1. The van der Waals surface area contributed by atoms with Crippen LogP contribution < -0.4 is 5.32 Å². The van der Waals surface area contributed by atoms with Crippen molar-refractivity contribution in [3.05, 3.63) is 5.82 Å². The van der Waals surface area contributed by atoms with Gasteiger partial charge in [0, 0.05) is 19.0 Å². The summed E-state index contributed by atoms with van der Waals surface area (Å²) in [6.07, 6.45) is 1.48. The molecular weight excluding hydrogens is 324 g/mol. The van der Waals surface area contributed by atoms with Crippen molar-refractivity contribution in [2.75, 3.05) is 17.3 Å². The first-order chi connectivity index (χ1) is 10.3. The summed E-state index contributed by atoms with van der Waals surface area (Å²) in [6.45, 7) is 3.98. The molecule has 2 atom stereocenters. The van der Waals surface area contributed by atoms with Crippen LogP contribution >= 0.6 is 11.8 Å². The van der Waals surface area contributed by atoms with Gasteiger partial charge in [0.15, 0.2) is 15.0 Å². The van der Waals surface area contributed by atoms with E-state index >= 15 is 0 Å². The Hall–Kier alpha value is -1.09. The predicted molar refractivity (Wildman–Crippen MR) is 85.6 cm³/mol. The number of aromatic nitrogens is 3. The molecule has 1 aliphatic heterocycles. The van der Waals surface area contributed by atoms with E-state index in [1.54, 1.807) is 4.57 Å². The van der Waals surface area contributed by atoms with Crippen LogP contribution in [0.25, 0.3) is 0 Å². The molecule has 0 saturated carbocycles. The standard InChI is InChI=1S/C13H22N4O3S2/c1-4-9(2)14-11(18)7-21-13-16-15-12(17(13)3)10-5-6-22(19,20)8-10/h9-10H,4-8H2,1-3H3,(H,14,18)/t9-,10-/m1/s1. The van der Waals surface area contributed by atoms with Gasteiger partial charge in [-0.05, 0) is 19.8 Å². The van der Waals surface area contributed by atoms with E-state index in [0.717, 1.165) is 6.42 Å². The quantitative estimate of drug-likeness (QED) is 0.763. The summed E-state index contributed by atoms with van der Waals surface area (Å²) >= 11 is 1.32. The minimum atomic E-state index is -2.95. The molecule has 1 aromatic heterocycles. The van der Waals surface area contributed by atoms with Crippen LogP contribution in [0.4, 0.5) is 0 Å². The number of hydrogen-bond donors (Lipinski definition) is 1. The third kappa shape index (κ3) is 4.22. The SMILES string of the molecule is CC[C@@H](C)NC(=O)CSc1nnc([C@@H]2CCS(=O)(=O)C2)n1C. The van der Waals surface area contributed by atoms with Gasteiger partial charge in [0.25, 0.3) is 0 Å². The second-order valence-corrected chi connectivity index (χ2v) is 8.84. The Labute approximate surface area is 135 Å². The molecule has 0 radical (unpaired) electrons. The third-order valence-corrected chi connectivity index (χ3v) is 6.61. The highest BCUT2D eigenvalue weighted by Gasteiger charge is 2.32. The van der Waals surface area contributed by atoms with E-state index in [-0.39, 0.29) is 35.1 Å². The molecule has 0 unspecified atom stereocenters. The first-order valence-corrected chi connectivity index (χ1v) is 10.1. The lowest BCUT2D eigenvalue weighted by atomic mass is 10.1. The number of amides is 1. The van der Waals surface area contributed by atoms with E-state index in [1.807, 2.05) is 20.9 Å². The zero-order valence-electron chi connectivity index (χ0n) is 13.1. The highest BCUT2D eigenvalue weighted by molar-refractivity contribution is 7.99. The topological polar surface area (TPSA) is 94.0 Å². The fourth-order valence-electron chi connectivity index (χ4n) is 2.35. The second-order valence-electron chi connectivity index (χ2n) is 5.67. The van der Waals surface area contributed by atoms with Crippen LogP contribution in [0.15, 0.2) is 5.16 Å². The minimum absolute atomic E-state index is 0.0349. The molecule has 0 aromatic carbocycles. The lowest BCUT2D eigenvalue weighted by Crippen LogP contribution is -2.33. The van der Waals surface area contributed by atoms with Gasteiger partial charge >= 0.3 is 0 Å². The zero-order chi connectivity index (χ0) is 16.3. The average molecular weight is 346 g/mol. The van der Waals surface area contributed by atoms with Crippen molar-refractivity contribution >= 4 is 27.5 Å². The van der Waals surface area contributed by atoms with Crippen molar-refractivity contribution in [3.8, 4) is 0 Å². The number of carbonyl (C=O) groups is 1. The monoisotopic (exact) mass is 346 g/mol. The van der Waals surface area contributed by atoms with Gasteiger partial charge in [-0.3, -0.25) is 4.79 Å². The Kier molecular flexibility index (Phi) is 5.49. The van der Waals surface area contributed by atoms with E-state index in [0.29, 0.717) is 17.4 Å². The van der Waals surface area contributed by atoms with Gasteiger partial charge in [-0.1, -0.05) is 18.7 Å². The lowest BCUT2D eigenvalue weighted by Gasteiger charge is -2.11. The van der Waals surface area contributed by atoms with E-state index < -0.39 is 9.84 Å². The molecule has 2 heterocycles. The molecule has 1 fully saturated rings. The molecule has 1 aromatic rings. The first kappa shape index (κ1) is 17.3. The van der Waals surface area contributed by atoms with Gasteiger partial charge in [0.05, 0.1) is 17.3 Å². The summed E-state index contributed by atoms with van der Waals surface area (Å²) in [5.74, 6) is 1.19. The van der Waals surface area contributed by atoms with Gasteiger partial charge in [0.1, 0.15) is 5.82 Å². The Morgan fingerprint density at radius 2 is 2.23 bits per heavy atom. The molecule has 9 heteroatoms. The first-order valence-electron chi connectivity index (χ1n) is 7.34. The molecule has 7 nitrogen and oxygen atoms in total. The van der Waals surface area contributed by atoms with E-state index in [4.69, 9.17) is 0 Å². The Morgan fingerprint density at radius 3 is 2.82 bits per heavy atom. The number of sulfone groups is 1. The van der Waals surface area contributed by atoms with Crippen molar-refractivity contribution in [3.63, 3.8) is 0 Å². The number of rotatable bonds is 6. The van der Waals surface area contributed by atoms with Crippen LogP contribution in [-0.4, -0.2) is 52.4 Å². The molecule has 0 bridgehead atoms. The molecule has 1 amide bonds. The Morgan fingerprint density at radius 1 is 1.50 bits per heavy atom. The molecule has 0 spiro atoms. The minimum Gasteiger partial charge on any atom is -0.353 e. The average Bonchev–Trinajstić information content (AvgIpc) is 2.99. The van der Waals surface area contributed by atoms with E-state index in [2.05, 4.69) is 15.5 Å². The number of nitrogens with zero attached hydrogens (tertiary/aromatic N) is 3. The molecule has 1 aliphatic rings. The molecular formula is C13H22N4O3S2. The van der Waals surface area contributed by atoms with Crippen molar-refractivity contribution in [1.29, 1.82) is 0 Å².